The van der Waals surface area contributed by atoms with Crippen molar-refractivity contribution in [3.8, 4) is 0 Å². The Morgan fingerprint density at radius 1 is 1.12 bits per heavy atom. The molecule has 2 rings (SSSR count). The van der Waals surface area contributed by atoms with Gasteiger partial charge in [0.25, 0.3) is 0 Å². The van der Waals surface area contributed by atoms with E-state index in [9.17, 15) is 18.4 Å². The van der Waals surface area contributed by atoms with E-state index in [4.69, 9.17) is 0 Å². The largest absolute Gasteiger partial charge is 0.354 e. The van der Waals surface area contributed by atoms with E-state index < -0.39 is 17.2 Å². The van der Waals surface area contributed by atoms with Crippen LogP contribution in [0.3, 0.4) is 0 Å². The van der Waals surface area contributed by atoms with Gasteiger partial charge in [0, 0.05) is 13.0 Å². The number of carbonyl (C=O) groups excluding carboxylic acids is 2. The lowest BCUT2D eigenvalue weighted by Gasteiger charge is -2.36. The summed E-state index contributed by atoms with van der Waals surface area (Å²) in [4.78, 5) is 25.1. The fourth-order valence-electron chi connectivity index (χ4n) is 3.39. The number of amides is 2. The molecule has 1 fully saturated rings. The Kier molecular flexibility index (Phi) is 7.54. The lowest BCUT2D eigenvalue weighted by Crippen LogP contribution is -2.59. The molecule has 0 saturated heterocycles. The standard InChI is InChI=1S/C20H28F2N2O2/c1-2-3-13-23-19(26)20(11-5-4-6-12-20)24-18(25)10-8-15-7-9-16(21)17(22)14-15/h7,9,14H,2-6,8,10-13H2,1H3,(H,23,26)(H,24,25). The summed E-state index contributed by atoms with van der Waals surface area (Å²) >= 11 is 0. The quantitative estimate of drug-likeness (QED) is 0.690. The highest BCUT2D eigenvalue weighted by Gasteiger charge is 2.40. The smallest absolute Gasteiger partial charge is 0.245 e. The number of hydrogen-bond donors (Lipinski definition) is 2. The van der Waals surface area contributed by atoms with Crippen molar-refractivity contribution in [2.75, 3.05) is 6.54 Å². The average molecular weight is 366 g/mol. The van der Waals surface area contributed by atoms with E-state index in [0.29, 0.717) is 31.4 Å². The lowest BCUT2D eigenvalue weighted by atomic mass is 9.80. The van der Waals surface area contributed by atoms with Crippen LogP contribution in [0.2, 0.25) is 0 Å². The number of nitrogens with one attached hydrogen (secondary N) is 2. The monoisotopic (exact) mass is 366 g/mol. The molecule has 26 heavy (non-hydrogen) atoms. The minimum atomic E-state index is -0.915. The first-order valence-corrected chi connectivity index (χ1v) is 9.50. The highest BCUT2D eigenvalue weighted by molar-refractivity contribution is 5.91. The first-order chi connectivity index (χ1) is 12.5. The molecule has 0 unspecified atom stereocenters. The summed E-state index contributed by atoms with van der Waals surface area (Å²) in [5.74, 6) is -2.15. The van der Waals surface area contributed by atoms with Crippen molar-refractivity contribution in [1.82, 2.24) is 10.6 Å². The highest BCUT2D eigenvalue weighted by atomic mass is 19.2. The molecule has 1 aliphatic carbocycles. The van der Waals surface area contributed by atoms with Gasteiger partial charge >= 0.3 is 0 Å². The maximum absolute atomic E-state index is 13.3. The number of hydrogen-bond acceptors (Lipinski definition) is 2. The highest BCUT2D eigenvalue weighted by Crippen LogP contribution is 2.28. The SMILES string of the molecule is CCCCNC(=O)C1(NC(=O)CCc2ccc(F)c(F)c2)CCCCC1. The van der Waals surface area contributed by atoms with Crippen LogP contribution in [0.25, 0.3) is 0 Å². The average Bonchev–Trinajstić information content (AvgIpc) is 2.63. The molecule has 1 aromatic rings. The van der Waals surface area contributed by atoms with Gasteiger partial charge in [-0.1, -0.05) is 38.7 Å². The van der Waals surface area contributed by atoms with Gasteiger partial charge in [-0.3, -0.25) is 9.59 Å². The molecule has 0 aromatic heterocycles. The van der Waals surface area contributed by atoms with Crippen molar-refractivity contribution >= 4 is 11.8 Å². The van der Waals surface area contributed by atoms with Crippen LogP contribution in [-0.2, 0) is 16.0 Å². The number of carbonyl (C=O) groups is 2. The van der Waals surface area contributed by atoms with Gasteiger partial charge in [0.2, 0.25) is 11.8 Å². The van der Waals surface area contributed by atoms with Gasteiger partial charge in [0.1, 0.15) is 5.54 Å². The molecule has 1 aliphatic rings. The zero-order valence-corrected chi connectivity index (χ0v) is 15.4. The molecule has 6 heteroatoms. The van der Waals surface area contributed by atoms with Crippen LogP contribution >= 0.6 is 0 Å². The molecule has 0 radical (unpaired) electrons. The number of aryl methyl sites for hydroxylation is 1. The summed E-state index contributed by atoms with van der Waals surface area (Å²) in [7, 11) is 0. The summed E-state index contributed by atoms with van der Waals surface area (Å²) in [5, 5.41) is 5.88. The van der Waals surface area contributed by atoms with E-state index in [-0.39, 0.29) is 18.2 Å². The number of halogens is 2. The summed E-state index contributed by atoms with van der Waals surface area (Å²) < 4.78 is 26.2. The van der Waals surface area contributed by atoms with Crippen LogP contribution in [0.1, 0.15) is 63.9 Å². The molecule has 0 spiro atoms. The number of rotatable bonds is 8. The molecule has 4 nitrogen and oxygen atoms in total. The second-order valence-corrected chi connectivity index (χ2v) is 7.05. The van der Waals surface area contributed by atoms with Crippen LogP contribution in [0, 0.1) is 11.6 Å². The van der Waals surface area contributed by atoms with Crippen LogP contribution < -0.4 is 10.6 Å². The molecule has 2 amide bonds. The van der Waals surface area contributed by atoms with E-state index in [1.807, 2.05) is 0 Å². The molecule has 1 saturated carbocycles. The Hall–Kier alpha value is -1.98. The maximum Gasteiger partial charge on any atom is 0.245 e. The first kappa shape index (κ1) is 20.3. The molecule has 1 aromatic carbocycles. The molecule has 0 bridgehead atoms. The van der Waals surface area contributed by atoms with E-state index in [1.165, 1.54) is 6.07 Å². The molecular formula is C20H28F2N2O2. The minimum absolute atomic E-state index is 0.105. The van der Waals surface area contributed by atoms with Crippen molar-refractivity contribution in [3.05, 3.63) is 35.4 Å². The second kappa shape index (κ2) is 9.64. The Bertz CT molecular complexity index is 628. The predicted molar refractivity (Wildman–Crippen MR) is 96.6 cm³/mol. The molecule has 0 heterocycles. The van der Waals surface area contributed by atoms with Crippen LogP contribution in [-0.4, -0.2) is 23.9 Å². The zero-order chi connectivity index (χ0) is 19.0. The van der Waals surface area contributed by atoms with Gasteiger partial charge in [-0.05, 0) is 43.4 Å². The number of unbranched alkanes of at least 4 members (excludes halogenated alkanes) is 1. The van der Waals surface area contributed by atoms with E-state index in [0.717, 1.165) is 44.2 Å². The third kappa shape index (κ3) is 5.51. The van der Waals surface area contributed by atoms with Crippen LogP contribution in [0.5, 0.6) is 0 Å². The fourth-order valence-corrected chi connectivity index (χ4v) is 3.39. The van der Waals surface area contributed by atoms with E-state index in [1.54, 1.807) is 0 Å². The van der Waals surface area contributed by atoms with Gasteiger partial charge in [-0.2, -0.15) is 0 Å². The van der Waals surface area contributed by atoms with Gasteiger partial charge in [-0.15, -0.1) is 0 Å². The van der Waals surface area contributed by atoms with Crippen molar-refractivity contribution in [3.63, 3.8) is 0 Å². The molecular weight excluding hydrogens is 338 g/mol. The fraction of sp³-hybridized carbons (Fsp3) is 0.600. The minimum Gasteiger partial charge on any atom is -0.354 e. The Morgan fingerprint density at radius 3 is 2.50 bits per heavy atom. The van der Waals surface area contributed by atoms with Gasteiger partial charge in [0.05, 0.1) is 0 Å². The van der Waals surface area contributed by atoms with Crippen LogP contribution in [0.4, 0.5) is 8.78 Å². The van der Waals surface area contributed by atoms with Crippen molar-refractivity contribution in [1.29, 1.82) is 0 Å². The van der Waals surface area contributed by atoms with E-state index >= 15 is 0 Å². The molecule has 144 valence electrons. The third-order valence-corrected chi connectivity index (χ3v) is 4.96. The number of benzene rings is 1. The van der Waals surface area contributed by atoms with Gasteiger partial charge < -0.3 is 10.6 Å². The van der Waals surface area contributed by atoms with Gasteiger partial charge in [0.15, 0.2) is 11.6 Å². The van der Waals surface area contributed by atoms with Crippen molar-refractivity contribution in [2.45, 2.75) is 70.3 Å². The third-order valence-electron chi connectivity index (χ3n) is 4.96. The Morgan fingerprint density at radius 2 is 1.85 bits per heavy atom. The lowest BCUT2D eigenvalue weighted by molar-refractivity contribution is -0.135. The van der Waals surface area contributed by atoms with Crippen LogP contribution in [0.15, 0.2) is 18.2 Å². The van der Waals surface area contributed by atoms with Crippen molar-refractivity contribution in [2.24, 2.45) is 0 Å². The summed E-state index contributed by atoms with van der Waals surface area (Å²) in [5.41, 5.74) is -0.277. The summed E-state index contributed by atoms with van der Waals surface area (Å²) in [6.45, 7) is 2.67. The predicted octanol–water partition coefficient (Wildman–Crippen LogP) is 3.63. The first-order valence-electron chi connectivity index (χ1n) is 9.50. The maximum atomic E-state index is 13.3. The summed E-state index contributed by atoms with van der Waals surface area (Å²) in [6.07, 6.45) is 6.50. The zero-order valence-electron chi connectivity index (χ0n) is 15.4. The van der Waals surface area contributed by atoms with Gasteiger partial charge in [-0.25, -0.2) is 8.78 Å². The van der Waals surface area contributed by atoms with Crippen molar-refractivity contribution < 1.29 is 18.4 Å². The second-order valence-electron chi connectivity index (χ2n) is 7.05. The Balaban J connectivity index is 1.94. The molecule has 0 atom stereocenters. The normalized spacial score (nSPS) is 16.1. The Labute approximate surface area is 153 Å². The molecule has 2 N–H and O–H groups in total. The summed E-state index contributed by atoms with van der Waals surface area (Å²) in [6, 6.07) is 3.64. The molecule has 0 aliphatic heterocycles. The topological polar surface area (TPSA) is 58.2 Å². The van der Waals surface area contributed by atoms with E-state index in [2.05, 4.69) is 17.6 Å².